The van der Waals surface area contributed by atoms with E-state index in [0.29, 0.717) is 0 Å². The van der Waals surface area contributed by atoms with E-state index in [1.54, 1.807) is 5.54 Å². The lowest BCUT2D eigenvalue weighted by atomic mass is 10.2. The minimum Gasteiger partial charge on any atom is -0.0921 e. The zero-order chi connectivity index (χ0) is 6.41. The van der Waals surface area contributed by atoms with Gasteiger partial charge in [0.25, 0.3) is 0 Å². The van der Waals surface area contributed by atoms with Crippen molar-refractivity contribution in [1.29, 1.82) is 0 Å². The van der Waals surface area contributed by atoms with Crippen LogP contribution in [0.2, 0.25) is 0 Å². The summed E-state index contributed by atoms with van der Waals surface area (Å²) in [7, 11) is 0. The van der Waals surface area contributed by atoms with Crippen molar-refractivity contribution in [3.8, 4) is 0 Å². The van der Waals surface area contributed by atoms with Crippen LogP contribution in [-0.4, -0.2) is 0 Å². The average Bonchev–Trinajstić information content (AvgIpc) is 1.83. The van der Waals surface area contributed by atoms with E-state index in [9.17, 15) is 0 Å². The first kappa shape index (κ1) is 8.51. The van der Waals surface area contributed by atoms with Crippen molar-refractivity contribution in [3.63, 3.8) is 0 Å². The molecule has 0 saturated heterocycles. The standard InChI is InChI=1S/C6H10BrCl/c1-2-3-4-6(7)5-8/h5H,2-4H2,1H3/b6-5-. The van der Waals surface area contributed by atoms with Gasteiger partial charge in [-0.2, -0.15) is 0 Å². The molecule has 0 bridgehead atoms. The summed E-state index contributed by atoms with van der Waals surface area (Å²) in [5.74, 6) is 0. The summed E-state index contributed by atoms with van der Waals surface area (Å²) in [6.07, 6.45) is 3.50. The molecule has 0 spiro atoms. The van der Waals surface area contributed by atoms with Crippen LogP contribution in [0.4, 0.5) is 0 Å². The van der Waals surface area contributed by atoms with Gasteiger partial charge in [0.15, 0.2) is 0 Å². The molecule has 0 N–H and O–H groups in total. The Morgan fingerprint density at radius 3 is 2.75 bits per heavy atom. The average molecular weight is 198 g/mol. The first-order chi connectivity index (χ1) is 3.81. The van der Waals surface area contributed by atoms with Crippen LogP contribution in [-0.2, 0) is 0 Å². The van der Waals surface area contributed by atoms with E-state index in [1.807, 2.05) is 0 Å². The van der Waals surface area contributed by atoms with Gasteiger partial charge in [0.1, 0.15) is 0 Å². The second-order valence-corrected chi connectivity index (χ2v) is 2.90. The van der Waals surface area contributed by atoms with E-state index in [4.69, 9.17) is 11.6 Å². The zero-order valence-corrected chi connectivity index (χ0v) is 7.30. The number of hydrogen-bond acceptors (Lipinski definition) is 0. The first-order valence-corrected chi connectivity index (χ1v) is 3.99. The zero-order valence-electron chi connectivity index (χ0n) is 4.95. The molecule has 0 aliphatic carbocycles. The van der Waals surface area contributed by atoms with Crippen molar-refractivity contribution in [1.82, 2.24) is 0 Å². The predicted molar refractivity (Wildman–Crippen MR) is 42.4 cm³/mol. The Labute approximate surface area is 64.0 Å². The molecule has 0 nitrogen and oxygen atoms in total. The van der Waals surface area contributed by atoms with Gasteiger partial charge in [-0.25, -0.2) is 0 Å². The molecule has 0 heterocycles. The normalized spacial score (nSPS) is 12.1. The van der Waals surface area contributed by atoms with Crippen LogP contribution >= 0.6 is 27.5 Å². The van der Waals surface area contributed by atoms with Crippen molar-refractivity contribution in [3.05, 3.63) is 10.0 Å². The Balaban J connectivity index is 3.12. The Morgan fingerprint density at radius 1 is 1.75 bits per heavy atom. The maximum absolute atomic E-state index is 5.38. The topological polar surface area (TPSA) is 0 Å². The number of hydrogen-bond donors (Lipinski definition) is 0. The highest BCUT2D eigenvalue weighted by Crippen LogP contribution is 2.14. The summed E-state index contributed by atoms with van der Waals surface area (Å²) in [4.78, 5) is 0. The van der Waals surface area contributed by atoms with Crippen LogP contribution in [0.25, 0.3) is 0 Å². The molecule has 0 aromatic carbocycles. The number of allylic oxidation sites excluding steroid dienone is 1. The van der Waals surface area contributed by atoms with E-state index in [-0.39, 0.29) is 0 Å². The molecule has 0 aliphatic heterocycles. The fraction of sp³-hybridized carbons (Fsp3) is 0.667. The highest BCUT2D eigenvalue weighted by atomic mass is 79.9. The van der Waals surface area contributed by atoms with Crippen LogP contribution in [0.5, 0.6) is 0 Å². The lowest BCUT2D eigenvalue weighted by molar-refractivity contribution is 0.811. The van der Waals surface area contributed by atoms with Crippen molar-refractivity contribution in [2.24, 2.45) is 0 Å². The van der Waals surface area contributed by atoms with Gasteiger partial charge in [0, 0.05) is 10.0 Å². The van der Waals surface area contributed by atoms with Crippen molar-refractivity contribution < 1.29 is 0 Å². The second kappa shape index (κ2) is 5.64. The molecular formula is C6H10BrCl. The molecule has 0 fully saturated rings. The van der Waals surface area contributed by atoms with E-state index >= 15 is 0 Å². The summed E-state index contributed by atoms with van der Waals surface area (Å²) in [5.41, 5.74) is 1.58. The van der Waals surface area contributed by atoms with Gasteiger partial charge in [0.2, 0.25) is 0 Å². The van der Waals surface area contributed by atoms with Gasteiger partial charge in [0.05, 0.1) is 0 Å². The minimum atomic E-state index is 1.07. The fourth-order valence-corrected chi connectivity index (χ4v) is 0.790. The maximum atomic E-state index is 5.38. The third-order valence-corrected chi connectivity index (χ3v) is 2.04. The molecule has 0 radical (unpaired) electrons. The molecule has 0 amide bonds. The second-order valence-electron chi connectivity index (χ2n) is 1.66. The molecule has 0 aromatic heterocycles. The minimum absolute atomic E-state index is 1.07. The highest BCUT2D eigenvalue weighted by Gasteiger charge is 1.86. The molecule has 0 rings (SSSR count). The quantitative estimate of drug-likeness (QED) is 0.648. The van der Waals surface area contributed by atoms with E-state index in [2.05, 4.69) is 22.9 Å². The summed E-state index contributed by atoms with van der Waals surface area (Å²) in [6, 6.07) is 0. The fourth-order valence-electron chi connectivity index (χ4n) is 0.400. The summed E-state index contributed by atoms with van der Waals surface area (Å²) in [5, 5.41) is 0. The highest BCUT2D eigenvalue weighted by molar-refractivity contribution is 9.11. The molecule has 48 valence electrons. The molecule has 2 heteroatoms. The number of unbranched alkanes of at least 4 members (excludes halogenated alkanes) is 1. The molecule has 0 aliphatic rings. The molecule has 0 unspecified atom stereocenters. The molecule has 0 aromatic rings. The Bertz CT molecular complexity index is 78.6. The number of rotatable bonds is 3. The monoisotopic (exact) mass is 196 g/mol. The van der Waals surface area contributed by atoms with Crippen LogP contribution < -0.4 is 0 Å². The van der Waals surface area contributed by atoms with Crippen molar-refractivity contribution in [2.75, 3.05) is 0 Å². The van der Waals surface area contributed by atoms with E-state index < -0.39 is 0 Å². The van der Waals surface area contributed by atoms with Gasteiger partial charge in [-0.15, -0.1) is 0 Å². The summed E-state index contributed by atoms with van der Waals surface area (Å²) in [6.45, 7) is 2.16. The summed E-state index contributed by atoms with van der Waals surface area (Å²) >= 11 is 8.69. The number of halogens is 2. The lowest BCUT2D eigenvalue weighted by Crippen LogP contribution is -1.69. The largest absolute Gasteiger partial charge is 0.0921 e. The molecular weight excluding hydrogens is 187 g/mol. The van der Waals surface area contributed by atoms with Crippen LogP contribution in [0.1, 0.15) is 26.2 Å². The smallest absolute Gasteiger partial charge is 0.0144 e. The SMILES string of the molecule is CCCC/C(Br)=C/Cl. The first-order valence-electron chi connectivity index (χ1n) is 2.76. The Kier molecular flexibility index (Phi) is 6.00. The summed E-state index contributed by atoms with van der Waals surface area (Å²) < 4.78 is 1.10. The Hall–Kier alpha value is 0.510. The van der Waals surface area contributed by atoms with Crippen LogP contribution in [0.15, 0.2) is 10.0 Å². The Morgan fingerprint density at radius 2 is 2.38 bits per heavy atom. The third kappa shape index (κ3) is 4.66. The van der Waals surface area contributed by atoms with Gasteiger partial charge in [-0.1, -0.05) is 40.9 Å². The molecule has 0 saturated carbocycles. The van der Waals surface area contributed by atoms with Crippen molar-refractivity contribution >= 4 is 27.5 Å². The predicted octanol–water partition coefficient (Wildman–Crippen LogP) is 3.65. The van der Waals surface area contributed by atoms with Gasteiger partial charge in [-0.3, -0.25) is 0 Å². The molecule has 0 atom stereocenters. The van der Waals surface area contributed by atoms with Gasteiger partial charge < -0.3 is 0 Å². The maximum Gasteiger partial charge on any atom is 0.0144 e. The van der Waals surface area contributed by atoms with Gasteiger partial charge >= 0.3 is 0 Å². The van der Waals surface area contributed by atoms with E-state index in [1.165, 1.54) is 12.8 Å². The van der Waals surface area contributed by atoms with Crippen molar-refractivity contribution in [2.45, 2.75) is 26.2 Å². The molecule has 8 heavy (non-hydrogen) atoms. The van der Waals surface area contributed by atoms with Gasteiger partial charge in [-0.05, 0) is 12.8 Å². The lowest BCUT2D eigenvalue weighted by Gasteiger charge is -1.91. The van der Waals surface area contributed by atoms with Crippen LogP contribution in [0, 0.1) is 0 Å². The van der Waals surface area contributed by atoms with E-state index in [0.717, 1.165) is 10.9 Å². The third-order valence-electron chi connectivity index (χ3n) is 0.888. The van der Waals surface area contributed by atoms with Crippen LogP contribution in [0.3, 0.4) is 0 Å².